The largest absolute Gasteiger partial charge is 0.366 e. The van der Waals surface area contributed by atoms with Crippen LogP contribution in [0.3, 0.4) is 0 Å². The van der Waals surface area contributed by atoms with Crippen molar-refractivity contribution in [1.29, 1.82) is 0 Å². The Bertz CT molecular complexity index is 375. The first-order valence-electron chi connectivity index (χ1n) is 6.82. The molecule has 2 unspecified atom stereocenters. The van der Waals surface area contributed by atoms with Crippen molar-refractivity contribution in [1.82, 2.24) is 5.32 Å². The topological polar surface area (TPSA) is 15.3 Å². The summed E-state index contributed by atoms with van der Waals surface area (Å²) >= 11 is 2.36. The molecule has 1 fully saturated rings. The Balaban J connectivity index is 2.07. The van der Waals surface area contributed by atoms with Crippen molar-refractivity contribution < 1.29 is 0 Å². The van der Waals surface area contributed by atoms with Crippen LogP contribution in [-0.2, 0) is 0 Å². The highest BCUT2D eigenvalue weighted by Gasteiger charge is 2.25. The summed E-state index contributed by atoms with van der Waals surface area (Å²) in [7, 11) is 0. The van der Waals surface area contributed by atoms with E-state index in [0.29, 0.717) is 12.1 Å². The van der Waals surface area contributed by atoms with Gasteiger partial charge in [0, 0.05) is 34.4 Å². The van der Waals surface area contributed by atoms with Gasteiger partial charge in [-0.2, -0.15) is 0 Å². The zero-order valence-corrected chi connectivity index (χ0v) is 13.6. The fourth-order valence-corrected chi connectivity index (χ4v) is 3.01. The second-order valence-electron chi connectivity index (χ2n) is 5.71. The van der Waals surface area contributed by atoms with Crippen LogP contribution in [0.1, 0.15) is 27.2 Å². The molecule has 1 N–H and O–H groups in total. The zero-order chi connectivity index (χ0) is 13.1. The molecular formula is C15H23IN2. The van der Waals surface area contributed by atoms with Crippen LogP contribution in [0.15, 0.2) is 24.3 Å². The van der Waals surface area contributed by atoms with E-state index in [1.807, 2.05) is 0 Å². The third kappa shape index (κ3) is 3.60. The number of hydrogen-bond donors (Lipinski definition) is 1. The Hall–Kier alpha value is -0.290. The minimum Gasteiger partial charge on any atom is -0.366 e. The molecule has 0 spiro atoms. The maximum atomic E-state index is 3.67. The summed E-state index contributed by atoms with van der Waals surface area (Å²) in [6.07, 6.45) is 1.26. The highest BCUT2D eigenvalue weighted by atomic mass is 127. The maximum Gasteiger partial charge on any atom is 0.0387 e. The van der Waals surface area contributed by atoms with Gasteiger partial charge in [-0.25, -0.2) is 0 Å². The lowest BCUT2D eigenvalue weighted by atomic mass is 9.99. The van der Waals surface area contributed by atoms with Gasteiger partial charge < -0.3 is 10.2 Å². The zero-order valence-electron chi connectivity index (χ0n) is 11.5. The van der Waals surface area contributed by atoms with Crippen molar-refractivity contribution in [3.63, 3.8) is 0 Å². The third-order valence-electron chi connectivity index (χ3n) is 3.57. The number of piperazine rings is 1. The normalized spacial score (nSPS) is 24.6. The van der Waals surface area contributed by atoms with Gasteiger partial charge in [0.25, 0.3) is 0 Å². The van der Waals surface area contributed by atoms with Crippen LogP contribution in [0, 0.1) is 9.49 Å². The number of rotatable bonds is 3. The third-order valence-corrected chi connectivity index (χ3v) is 4.28. The van der Waals surface area contributed by atoms with Crippen molar-refractivity contribution in [3.8, 4) is 0 Å². The molecule has 1 aliphatic rings. The fourth-order valence-electron chi connectivity index (χ4n) is 2.65. The van der Waals surface area contributed by atoms with Gasteiger partial charge in [0.1, 0.15) is 0 Å². The summed E-state index contributed by atoms with van der Waals surface area (Å²) in [5, 5.41) is 3.67. The predicted molar refractivity (Wildman–Crippen MR) is 87.2 cm³/mol. The quantitative estimate of drug-likeness (QED) is 0.832. The number of anilines is 1. The van der Waals surface area contributed by atoms with Gasteiger partial charge in [0.05, 0.1) is 0 Å². The van der Waals surface area contributed by atoms with Gasteiger partial charge in [-0.1, -0.05) is 13.8 Å². The van der Waals surface area contributed by atoms with Gasteiger partial charge in [-0.15, -0.1) is 0 Å². The lowest BCUT2D eigenvalue weighted by Crippen LogP contribution is -2.55. The maximum absolute atomic E-state index is 3.67. The van der Waals surface area contributed by atoms with Crippen molar-refractivity contribution >= 4 is 28.3 Å². The van der Waals surface area contributed by atoms with Crippen molar-refractivity contribution in [2.75, 3.05) is 18.0 Å². The van der Waals surface area contributed by atoms with Gasteiger partial charge >= 0.3 is 0 Å². The van der Waals surface area contributed by atoms with Gasteiger partial charge in [0.15, 0.2) is 0 Å². The van der Waals surface area contributed by atoms with E-state index in [0.717, 1.165) is 19.0 Å². The van der Waals surface area contributed by atoms with Crippen LogP contribution in [0.5, 0.6) is 0 Å². The van der Waals surface area contributed by atoms with Crippen molar-refractivity contribution in [3.05, 3.63) is 27.8 Å². The first-order valence-corrected chi connectivity index (χ1v) is 7.89. The van der Waals surface area contributed by atoms with E-state index in [-0.39, 0.29) is 0 Å². The molecule has 18 heavy (non-hydrogen) atoms. The highest BCUT2D eigenvalue weighted by molar-refractivity contribution is 14.1. The van der Waals surface area contributed by atoms with Gasteiger partial charge in [-0.3, -0.25) is 0 Å². The van der Waals surface area contributed by atoms with E-state index < -0.39 is 0 Å². The van der Waals surface area contributed by atoms with Gasteiger partial charge in [-0.05, 0) is 66.1 Å². The molecule has 1 heterocycles. The van der Waals surface area contributed by atoms with E-state index in [4.69, 9.17) is 0 Å². The molecule has 2 rings (SSSR count). The first kappa shape index (κ1) is 14.1. The molecule has 0 aliphatic carbocycles. The lowest BCUT2D eigenvalue weighted by Gasteiger charge is -2.41. The molecule has 0 bridgehead atoms. The SMILES string of the molecule is CC(C)CC1CN(c2ccc(I)cc2)C(C)CN1. The van der Waals surface area contributed by atoms with Crippen LogP contribution < -0.4 is 10.2 Å². The molecule has 1 aromatic rings. The summed E-state index contributed by atoms with van der Waals surface area (Å²) in [5.74, 6) is 0.759. The number of benzene rings is 1. The smallest absolute Gasteiger partial charge is 0.0387 e. The van der Waals surface area contributed by atoms with Gasteiger partial charge in [0.2, 0.25) is 0 Å². The van der Waals surface area contributed by atoms with E-state index in [9.17, 15) is 0 Å². The molecule has 2 nitrogen and oxygen atoms in total. The molecule has 0 amide bonds. The van der Waals surface area contributed by atoms with Crippen LogP contribution in [0.4, 0.5) is 5.69 Å². The molecule has 1 aromatic carbocycles. The summed E-state index contributed by atoms with van der Waals surface area (Å²) in [6.45, 7) is 9.11. The second-order valence-corrected chi connectivity index (χ2v) is 6.96. The van der Waals surface area contributed by atoms with Crippen LogP contribution >= 0.6 is 22.6 Å². The van der Waals surface area contributed by atoms with Crippen LogP contribution in [0.25, 0.3) is 0 Å². The Morgan fingerprint density at radius 3 is 2.61 bits per heavy atom. The number of nitrogens with zero attached hydrogens (tertiary/aromatic N) is 1. The highest BCUT2D eigenvalue weighted by Crippen LogP contribution is 2.22. The number of halogens is 1. The van der Waals surface area contributed by atoms with E-state index >= 15 is 0 Å². The minimum absolute atomic E-state index is 0.577. The molecule has 0 radical (unpaired) electrons. The average molecular weight is 358 g/mol. The van der Waals surface area contributed by atoms with E-state index in [2.05, 4.69) is 77.8 Å². The van der Waals surface area contributed by atoms with E-state index in [1.54, 1.807) is 0 Å². The number of hydrogen-bond acceptors (Lipinski definition) is 2. The van der Waals surface area contributed by atoms with Crippen LogP contribution in [0.2, 0.25) is 0 Å². The summed E-state index contributed by atoms with van der Waals surface area (Å²) in [4.78, 5) is 2.54. The number of nitrogens with one attached hydrogen (secondary N) is 1. The second kappa shape index (κ2) is 6.24. The van der Waals surface area contributed by atoms with Crippen molar-refractivity contribution in [2.45, 2.75) is 39.3 Å². The predicted octanol–water partition coefficient (Wildman–Crippen LogP) is 3.50. The lowest BCUT2D eigenvalue weighted by molar-refractivity contribution is 0.356. The molecule has 0 aromatic heterocycles. The Morgan fingerprint density at radius 1 is 1.33 bits per heavy atom. The summed E-state index contributed by atoms with van der Waals surface area (Å²) in [5.41, 5.74) is 1.36. The molecule has 1 aliphatic heterocycles. The molecule has 3 heteroatoms. The van der Waals surface area contributed by atoms with Crippen LogP contribution in [-0.4, -0.2) is 25.2 Å². The molecule has 2 atom stereocenters. The summed E-state index contributed by atoms with van der Waals surface area (Å²) in [6, 6.07) is 10.1. The fraction of sp³-hybridized carbons (Fsp3) is 0.600. The Kier molecular flexibility index (Phi) is 4.90. The van der Waals surface area contributed by atoms with E-state index in [1.165, 1.54) is 15.7 Å². The Morgan fingerprint density at radius 2 is 2.00 bits per heavy atom. The van der Waals surface area contributed by atoms with Crippen molar-refractivity contribution in [2.24, 2.45) is 5.92 Å². The standard InChI is InChI=1S/C15H23IN2/c1-11(2)8-14-10-18(12(3)9-17-14)15-6-4-13(16)5-7-15/h4-7,11-12,14,17H,8-10H2,1-3H3. The molecule has 1 saturated heterocycles. The first-order chi connectivity index (χ1) is 8.56. The summed E-state index contributed by atoms with van der Waals surface area (Å²) < 4.78 is 1.30. The molecular weight excluding hydrogens is 335 g/mol. The minimum atomic E-state index is 0.577. The monoisotopic (exact) mass is 358 g/mol. The molecule has 100 valence electrons. The molecule has 0 saturated carbocycles. The Labute approximate surface area is 124 Å². The average Bonchev–Trinajstić information content (AvgIpc) is 2.32.